The maximum Gasteiger partial charge on any atom is 0.128 e. The molecular weight excluding hydrogens is 234 g/mol. The zero-order valence-electron chi connectivity index (χ0n) is 12.1. The van der Waals surface area contributed by atoms with E-state index in [1.54, 1.807) is 0 Å². The molecule has 0 aliphatic heterocycles. The van der Waals surface area contributed by atoms with Crippen LogP contribution in [0.3, 0.4) is 0 Å². The fourth-order valence-electron chi connectivity index (χ4n) is 2.18. The van der Waals surface area contributed by atoms with Crippen LogP contribution in [-0.2, 0) is 0 Å². The van der Waals surface area contributed by atoms with Gasteiger partial charge in [-0.2, -0.15) is 0 Å². The Balaban J connectivity index is 2.16. The van der Waals surface area contributed by atoms with Crippen molar-refractivity contribution in [2.45, 2.75) is 32.8 Å². The minimum atomic E-state index is -0.209. The quantitative estimate of drug-likeness (QED) is 0.790. The molecular formula is C17H23NO. The van der Waals surface area contributed by atoms with Crippen molar-refractivity contribution < 1.29 is 4.74 Å². The number of hydrogen-bond acceptors (Lipinski definition) is 2. The molecule has 0 saturated heterocycles. The molecule has 0 bridgehead atoms. The van der Waals surface area contributed by atoms with Crippen LogP contribution >= 0.6 is 0 Å². The van der Waals surface area contributed by atoms with Crippen molar-refractivity contribution in [3.63, 3.8) is 0 Å². The van der Waals surface area contributed by atoms with E-state index in [1.165, 1.54) is 10.8 Å². The number of ether oxygens (including phenoxy) is 1. The van der Waals surface area contributed by atoms with Crippen LogP contribution in [0.25, 0.3) is 10.8 Å². The Bertz CT molecular complexity index is 528. The van der Waals surface area contributed by atoms with Gasteiger partial charge in [0.15, 0.2) is 0 Å². The first-order valence-electron chi connectivity index (χ1n) is 7.00. The van der Waals surface area contributed by atoms with Crippen molar-refractivity contribution in [3.05, 3.63) is 42.5 Å². The lowest BCUT2D eigenvalue weighted by atomic mass is 10.1. The molecule has 2 nitrogen and oxygen atoms in total. The lowest BCUT2D eigenvalue weighted by molar-refractivity contribution is 0.110. The highest BCUT2D eigenvalue weighted by Crippen LogP contribution is 2.28. The highest BCUT2D eigenvalue weighted by Gasteiger charge is 2.20. The van der Waals surface area contributed by atoms with Crippen LogP contribution in [0.4, 0.5) is 0 Å². The second-order valence-corrected chi connectivity index (χ2v) is 5.52. The number of nitrogens with one attached hydrogen (secondary N) is 1. The predicted octanol–water partition coefficient (Wildman–Crippen LogP) is 4.00. The monoisotopic (exact) mass is 257 g/mol. The molecule has 1 N–H and O–H groups in total. The first-order valence-corrected chi connectivity index (χ1v) is 7.00. The average molecular weight is 257 g/mol. The van der Waals surface area contributed by atoms with E-state index >= 15 is 0 Å². The molecule has 0 amide bonds. The third-order valence-corrected chi connectivity index (χ3v) is 3.11. The van der Waals surface area contributed by atoms with Crippen LogP contribution < -0.4 is 10.1 Å². The molecule has 0 aliphatic carbocycles. The minimum Gasteiger partial charge on any atom is -0.486 e. The van der Waals surface area contributed by atoms with Crippen LogP contribution in [0.5, 0.6) is 5.75 Å². The maximum atomic E-state index is 6.20. The SMILES string of the molecule is CCCNCC(C)(C)Oc1cccc2ccccc12. The van der Waals surface area contributed by atoms with Crippen molar-refractivity contribution in [3.8, 4) is 5.75 Å². The second-order valence-electron chi connectivity index (χ2n) is 5.52. The van der Waals surface area contributed by atoms with Crippen LogP contribution in [0.15, 0.2) is 42.5 Å². The largest absolute Gasteiger partial charge is 0.486 e. The summed E-state index contributed by atoms with van der Waals surface area (Å²) in [5.74, 6) is 0.960. The van der Waals surface area contributed by atoms with Gasteiger partial charge in [-0.25, -0.2) is 0 Å². The highest BCUT2D eigenvalue weighted by atomic mass is 16.5. The van der Waals surface area contributed by atoms with Crippen LogP contribution in [-0.4, -0.2) is 18.7 Å². The molecule has 19 heavy (non-hydrogen) atoms. The van der Waals surface area contributed by atoms with Gasteiger partial charge in [0.25, 0.3) is 0 Å². The Hall–Kier alpha value is -1.54. The maximum absolute atomic E-state index is 6.20. The summed E-state index contributed by atoms with van der Waals surface area (Å²) in [7, 11) is 0. The van der Waals surface area contributed by atoms with E-state index in [0.717, 1.165) is 25.3 Å². The van der Waals surface area contributed by atoms with Gasteiger partial charge in [-0.15, -0.1) is 0 Å². The van der Waals surface area contributed by atoms with Gasteiger partial charge in [0.1, 0.15) is 11.4 Å². The van der Waals surface area contributed by atoms with Crippen molar-refractivity contribution in [2.75, 3.05) is 13.1 Å². The van der Waals surface area contributed by atoms with Gasteiger partial charge in [-0.1, -0.05) is 43.3 Å². The van der Waals surface area contributed by atoms with Crippen molar-refractivity contribution in [1.82, 2.24) is 5.32 Å². The van der Waals surface area contributed by atoms with Gasteiger partial charge in [-0.3, -0.25) is 0 Å². The fraction of sp³-hybridized carbons (Fsp3) is 0.412. The summed E-state index contributed by atoms with van der Waals surface area (Å²) in [5, 5.41) is 5.81. The summed E-state index contributed by atoms with van der Waals surface area (Å²) in [6.45, 7) is 8.30. The van der Waals surface area contributed by atoms with E-state index < -0.39 is 0 Å². The smallest absolute Gasteiger partial charge is 0.128 e. The Morgan fingerprint density at radius 2 is 1.79 bits per heavy atom. The van der Waals surface area contributed by atoms with E-state index in [-0.39, 0.29) is 5.60 Å². The molecule has 0 saturated carbocycles. The predicted molar refractivity (Wildman–Crippen MR) is 81.8 cm³/mol. The summed E-state index contributed by atoms with van der Waals surface area (Å²) in [4.78, 5) is 0. The summed E-state index contributed by atoms with van der Waals surface area (Å²) >= 11 is 0. The molecule has 2 aromatic rings. The van der Waals surface area contributed by atoms with E-state index in [4.69, 9.17) is 4.74 Å². The van der Waals surface area contributed by atoms with E-state index in [0.29, 0.717) is 0 Å². The molecule has 0 atom stereocenters. The van der Waals surface area contributed by atoms with Gasteiger partial charge >= 0.3 is 0 Å². The summed E-state index contributed by atoms with van der Waals surface area (Å²) < 4.78 is 6.20. The Morgan fingerprint density at radius 1 is 1.05 bits per heavy atom. The Kier molecular flexibility index (Phi) is 4.43. The van der Waals surface area contributed by atoms with Crippen molar-refractivity contribution in [1.29, 1.82) is 0 Å². The molecule has 2 aromatic carbocycles. The third-order valence-electron chi connectivity index (χ3n) is 3.11. The number of benzene rings is 2. The van der Waals surface area contributed by atoms with Gasteiger partial charge in [0.05, 0.1) is 0 Å². The van der Waals surface area contributed by atoms with Crippen LogP contribution in [0.1, 0.15) is 27.2 Å². The topological polar surface area (TPSA) is 21.3 Å². The number of fused-ring (bicyclic) bond motifs is 1. The average Bonchev–Trinajstić information content (AvgIpc) is 2.39. The fourth-order valence-corrected chi connectivity index (χ4v) is 2.18. The Labute approximate surface area is 115 Å². The van der Waals surface area contributed by atoms with Crippen LogP contribution in [0, 0.1) is 0 Å². The molecule has 0 radical (unpaired) electrons. The molecule has 0 aromatic heterocycles. The lowest BCUT2D eigenvalue weighted by Gasteiger charge is -2.27. The first kappa shape index (κ1) is 13.9. The zero-order valence-corrected chi connectivity index (χ0v) is 12.1. The normalized spacial score (nSPS) is 11.7. The molecule has 0 aliphatic rings. The molecule has 2 heteroatoms. The summed E-state index contributed by atoms with van der Waals surface area (Å²) in [5.41, 5.74) is -0.209. The van der Waals surface area contributed by atoms with Gasteiger partial charge in [-0.05, 0) is 38.3 Å². The number of rotatable bonds is 6. The number of hydrogen-bond donors (Lipinski definition) is 1. The molecule has 0 heterocycles. The Morgan fingerprint density at radius 3 is 2.58 bits per heavy atom. The van der Waals surface area contributed by atoms with E-state index in [9.17, 15) is 0 Å². The van der Waals surface area contributed by atoms with E-state index in [1.807, 2.05) is 12.1 Å². The molecule has 102 valence electrons. The highest BCUT2D eigenvalue weighted by molar-refractivity contribution is 5.88. The lowest BCUT2D eigenvalue weighted by Crippen LogP contribution is -2.40. The minimum absolute atomic E-state index is 0.209. The third kappa shape index (κ3) is 3.71. The first-order chi connectivity index (χ1) is 9.12. The van der Waals surface area contributed by atoms with Gasteiger partial charge < -0.3 is 10.1 Å². The second kappa shape index (κ2) is 6.07. The van der Waals surface area contributed by atoms with Gasteiger partial charge in [0.2, 0.25) is 0 Å². The van der Waals surface area contributed by atoms with E-state index in [2.05, 4.69) is 56.4 Å². The molecule has 0 fully saturated rings. The van der Waals surface area contributed by atoms with Crippen molar-refractivity contribution in [2.24, 2.45) is 0 Å². The summed E-state index contributed by atoms with van der Waals surface area (Å²) in [6.07, 6.45) is 1.14. The molecule has 2 rings (SSSR count). The summed E-state index contributed by atoms with van der Waals surface area (Å²) in [6, 6.07) is 14.5. The molecule has 0 unspecified atom stereocenters. The van der Waals surface area contributed by atoms with Gasteiger partial charge in [0, 0.05) is 11.9 Å². The standard InChI is InChI=1S/C17H23NO/c1-4-12-18-13-17(2,3)19-16-11-7-9-14-8-5-6-10-15(14)16/h5-11,18H,4,12-13H2,1-3H3. The van der Waals surface area contributed by atoms with Crippen molar-refractivity contribution >= 4 is 10.8 Å². The zero-order chi connectivity index (χ0) is 13.7. The molecule has 0 spiro atoms. The van der Waals surface area contributed by atoms with Crippen LogP contribution in [0.2, 0.25) is 0 Å².